The number of ether oxygens (including phenoxy) is 3. The highest BCUT2D eigenvalue weighted by molar-refractivity contribution is 5.80. The minimum Gasteiger partial charge on any atom is -0.493 e. The highest BCUT2D eigenvalue weighted by Gasteiger charge is 2.21. The molecule has 0 unspecified atom stereocenters. The Balaban J connectivity index is 1.64. The Labute approximate surface area is 185 Å². The molecule has 168 valence electrons. The van der Waals surface area contributed by atoms with Gasteiger partial charge >= 0.3 is 0 Å². The van der Waals surface area contributed by atoms with E-state index in [2.05, 4.69) is 52.2 Å². The average molecular weight is 427 g/mol. The van der Waals surface area contributed by atoms with Crippen molar-refractivity contribution in [3.05, 3.63) is 47.0 Å². The molecule has 0 atom stereocenters. The minimum absolute atomic E-state index is 0.598. The van der Waals surface area contributed by atoms with Gasteiger partial charge in [0.1, 0.15) is 0 Å². The van der Waals surface area contributed by atoms with Crippen LogP contribution in [0.3, 0.4) is 0 Å². The number of benzene rings is 2. The number of aliphatic imine (C=N–C) groups is 1. The number of guanidine groups is 1. The Hall–Kier alpha value is -3.09. The van der Waals surface area contributed by atoms with Crippen LogP contribution in [0.15, 0.2) is 35.3 Å². The van der Waals surface area contributed by atoms with Crippen molar-refractivity contribution in [2.75, 3.05) is 59.5 Å². The van der Waals surface area contributed by atoms with Crippen LogP contribution in [0.1, 0.15) is 16.7 Å². The van der Waals surface area contributed by atoms with E-state index in [0.717, 1.165) is 37.7 Å². The van der Waals surface area contributed by atoms with Crippen LogP contribution in [0, 0.1) is 13.8 Å². The molecule has 0 bridgehead atoms. The fraction of sp³-hybridized carbons (Fsp3) is 0.458. The maximum Gasteiger partial charge on any atom is 0.203 e. The molecule has 0 saturated carbocycles. The van der Waals surface area contributed by atoms with Crippen molar-refractivity contribution in [2.24, 2.45) is 4.99 Å². The largest absolute Gasteiger partial charge is 0.493 e. The van der Waals surface area contributed by atoms with Crippen molar-refractivity contribution in [2.45, 2.75) is 20.4 Å². The molecule has 0 radical (unpaired) electrons. The van der Waals surface area contributed by atoms with E-state index in [1.165, 1.54) is 16.8 Å². The number of hydrogen-bond donors (Lipinski definition) is 1. The molecular weight excluding hydrogens is 392 g/mol. The lowest BCUT2D eigenvalue weighted by atomic mass is 10.1. The van der Waals surface area contributed by atoms with Crippen LogP contribution in [0.5, 0.6) is 17.2 Å². The summed E-state index contributed by atoms with van der Waals surface area (Å²) in [5, 5.41) is 3.48. The monoisotopic (exact) mass is 426 g/mol. The number of rotatable bonds is 6. The van der Waals surface area contributed by atoms with Crippen LogP contribution >= 0.6 is 0 Å². The number of piperazine rings is 1. The molecule has 1 fully saturated rings. The lowest BCUT2D eigenvalue weighted by Gasteiger charge is -2.38. The molecule has 0 amide bonds. The highest BCUT2D eigenvalue weighted by Crippen LogP contribution is 2.38. The molecule has 1 heterocycles. The Kier molecular flexibility index (Phi) is 7.50. The molecule has 7 heteroatoms. The summed E-state index contributed by atoms with van der Waals surface area (Å²) in [5.74, 6) is 2.79. The van der Waals surface area contributed by atoms with Gasteiger partial charge in [-0.3, -0.25) is 4.99 Å². The van der Waals surface area contributed by atoms with Crippen LogP contribution in [-0.4, -0.2) is 65.4 Å². The van der Waals surface area contributed by atoms with E-state index in [1.54, 1.807) is 21.3 Å². The first kappa shape index (κ1) is 22.6. The number of nitrogens with one attached hydrogen (secondary N) is 1. The lowest BCUT2D eigenvalue weighted by molar-refractivity contribution is 0.323. The summed E-state index contributed by atoms with van der Waals surface area (Å²) in [6, 6.07) is 10.4. The summed E-state index contributed by atoms with van der Waals surface area (Å²) in [6.07, 6.45) is 0. The fourth-order valence-electron chi connectivity index (χ4n) is 3.99. The molecule has 2 aromatic rings. The summed E-state index contributed by atoms with van der Waals surface area (Å²) in [6.45, 7) is 8.76. The van der Waals surface area contributed by atoms with Gasteiger partial charge in [0.15, 0.2) is 17.5 Å². The molecule has 1 N–H and O–H groups in total. The smallest absolute Gasteiger partial charge is 0.203 e. The normalized spacial score (nSPS) is 14.5. The van der Waals surface area contributed by atoms with Gasteiger partial charge in [0.25, 0.3) is 0 Å². The van der Waals surface area contributed by atoms with Gasteiger partial charge < -0.3 is 29.3 Å². The van der Waals surface area contributed by atoms with E-state index in [9.17, 15) is 0 Å². The van der Waals surface area contributed by atoms with Crippen molar-refractivity contribution in [3.8, 4) is 17.2 Å². The molecule has 0 aliphatic carbocycles. The van der Waals surface area contributed by atoms with Crippen molar-refractivity contribution < 1.29 is 14.2 Å². The topological polar surface area (TPSA) is 58.6 Å². The predicted octanol–water partition coefficient (Wildman–Crippen LogP) is 3.23. The van der Waals surface area contributed by atoms with Gasteiger partial charge in [0.05, 0.1) is 21.3 Å². The van der Waals surface area contributed by atoms with Crippen molar-refractivity contribution in [1.29, 1.82) is 0 Å². The van der Waals surface area contributed by atoms with Gasteiger partial charge in [-0.05, 0) is 48.7 Å². The Bertz CT molecular complexity index is 896. The molecule has 3 rings (SSSR count). The molecule has 0 aromatic heterocycles. The van der Waals surface area contributed by atoms with Crippen LogP contribution in [0.4, 0.5) is 5.69 Å². The Morgan fingerprint density at radius 2 is 1.61 bits per heavy atom. The van der Waals surface area contributed by atoms with E-state index in [4.69, 9.17) is 14.2 Å². The van der Waals surface area contributed by atoms with E-state index in [-0.39, 0.29) is 0 Å². The van der Waals surface area contributed by atoms with Gasteiger partial charge in [-0.2, -0.15) is 0 Å². The van der Waals surface area contributed by atoms with E-state index < -0.39 is 0 Å². The zero-order valence-electron chi connectivity index (χ0n) is 19.5. The third-order valence-electron chi connectivity index (χ3n) is 5.88. The second-order valence-electron chi connectivity index (χ2n) is 7.63. The number of aryl methyl sites for hydroxylation is 1. The van der Waals surface area contributed by atoms with Crippen molar-refractivity contribution in [3.63, 3.8) is 0 Å². The van der Waals surface area contributed by atoms with E-state index in [1.807, 2.05) is 19.2 Å². The van der Waals surface area contributed by atoms with Gasteiger partial charge in [-0.25, -0.2) is 0 Å². The molecule has 0 spiro atoms. The zero-order chi connectivity index (χ0) is 22.4. The number of nitrogens with zero attached hydrogens (tertiary/aromatic N) is 3. The second-order valence-corrected chi connectivity index (χ2v) is 7.63. The maximum absolute atomic E-state index is 5.46. The van der Waals surface area contributed by atoms with Crippen LogP contribution in [0.2, 0.25) is 0 Å². The molecule has 1 saturated heterocycles. The van der Waals surface area contributed by atoms with Gasteiger partial charge in [-0.1, -0.05) is 12.1 Å². The SMILES string of the molecule is CN=C(NCc1cc(OC)c(OC)c(OC)c1)N1CCN(c2cccc(C)c2C)CC1. The third kappa shape index (κ3) is 4.98. The summed E-state index contributed by atoms with van der Waals surface area (Å²) in [4.78, 5) is 9.27. The molecule has 1 aliphatic heterocycles. The second kappa shape index (κ2) is 10.3. The van der Waals surface area contributed by atoms with Crippen LogP contribution in [0.25, 0.3) is 0 Å². The molecular formula is C24H34N4O3. The minimum atomic E-state index is 0.598. The number of hydrogen-bond acceptors (Lipinski definition) is 5. The van der Waals surface area contributed by atoms with Crippen LogP contribution in [-0.2, 0) is 6.54 Å². The maximum atomic E-state index is 5.46. The van der Waals surface area contributed by atoms with Crippen LogP contribution < -0.4 is 24.4 Å². The third-order valence-corrected chi connectivity index (χ3v) is 5.88. The average Bonchev–Trinajstić information content (AvgIpc) is 2.81. The lowest BCUT2D eigenvalue weighted by Crippen LogP contribution is -2.52. The van der Waals surface area contributed by atoms with Gasteiger partial charge in [0, 0.05) is 45.5 Å². The van der Waals surface area contributed by atoms with E-state index >= 15 is 0 Å². The molecule has 7 nitrogen and oxygen atoms in total. The van der Waals surface area contributed by atoms with Gasteiger partial charge in [-0.15, -0.1) is 0 Å². The van der Waals surface area contributed by atoms with E-state index in [0.29, 0.717) is 23.8 Å². The Morgan fingerprint density at radius 1 is 0.968 bits per heavy atom. The molecule has 2 aromatic carbocycles. The summed E-state index contributed by atoms with van der Waals surface area (Å²) < 4.78 is 16.3. The summed E-state index contributed by atoms with van der Waals surface area (Å²) in [5.41, 5.74) is 5.06. The standard InChI is InChI=1S/C24H34N4O3/c1-17-8-7-9-20(18(17)2)27-10-12-28(13-11-27)24(25-3)26-16-19-14-21(29-4)23(31-6)22(15-19)30-5/h7-9,14-15H,10-13,16H2,1-6H3,(H,25,26). The number of methoxy groups -OCH3 is 3. The first-order valence-electron chi connectivity index (χ1n) is 10.6. The van der Waals surface area contributed by atoms with Crippen molar-refractivity contribution in [1.82, 2.24) is 10.2 Å². The van der Waals surface area contributed by atoms with Gasteiger partial charge in [0.2, 0.25) is 5.75 Å². The fourth-order valence-corrected chi connectivity index (χ4v) is 3.99. The first-order chi connectivity index (χ1) is 15.0. The quantitative estimate of drug-likeness (QED) is 0.565. The first-order valence-corrected chi connectivity index (χ1v) is 10.6. The molecule has 31 heavy (non-hydrogen) atoms. The highest BCUT2D eigenvalue weighted by atomic mass is 16.5. The zero-order valence-corrected chi connectivity index (χ0v) is 19.5. The Morgan fingerprint density at radius 3 is 2.16 bits per heavy atom. The van der Waals surface area contributed by atoms with Crippen molar-refractivity contribution >= 4 is 11.6 Å². The number of anilines is 1. The predicted molar refractivity (Wildman–Crippen MR) is 126 cm³/mol. The summed E-state index contributed by atoms with van der Waals surface area (Å²) >= 11 is 0. The molecule has 1 aliphatic rings. The summed E-state index contributed by atoms with van der Waals surface area (Å²) in [7, 11) is 6.69.